The molecule has 0 aliphatic carbocycles. The second-order valence-electron chi connectivity index (χ2n) is 6.53. The summed E-state index contributed by atoms with van der Waals surface area (Å²) in [7, 11) is 0. The highest BCUT2D eigenvalue weighted by atomic mass is 16.6. The Balaban J connectivity index is 2.11. The molecule has 0 radical (unpaired) electrons. The largest absolute Gasteiger partial charge is 0.483 e. The number of fused-ring (bicyclic) bond motifs is 1. The zero-order valence-corrected chi connectivity index (χ0v) is 14.6. The van der Waals surface area contributed by atoms with E-state index >= 15 is 0 Å². The Labute approximate surface area is 150 Å². The Morgan fingerprint density at radius 2 is 2.08 bits per heavy atom. The number of nitrogens with one attached hydrogen (secondary N) is 1. The SMILES string of the molecule is CC(=O)OC1C(Oc2cc[nH]c(=O)c2)c2cc(C#N)ccc2OC1(C)C. The Bertz CT molecular complexity index is 941. The van der Waals surface area contributed by atoms with Gasteiger partial charge >= 0.3 is 5.97 Å². The molecule has 26 heavy (non-hydrogen) atoms. The summed E-state index contributed by atoms with van der Waals surface area (Å²) >= 11 is 0. The van der Waals surface area contributed by atoms with Crippen LogP contribution in [-0.2, 0) is 9.53 Å². The fourth-order valence-corrected chi connectivity index (χ4v) is 2.96. The number of H-pyrrole nitrogens is 1. The molecule has 1 aliphatic heterocycles. The fraction of sp³-hybridized carbons (Fsp3) is 0.316. The lowest BCUT2D eigenvalue weighted by atomic mass is 9.87. The summed E-state index contributed by atoms with van der Waals surface area (Å²) in [5.41, 5.74) is -0.189. The molecule has 1 aliphatic rings. The summed E-state index contributed by atoms with van der Waals surface area (Å²) in [5, 5.41) is 9.20. The minimum atomic E-state index is -0.876. The molecule has 2 aromatic rings. The summed E-state index contributed by atoms with van der Waals surface area (Å²) in [5.74, 6) is 0.375. The number of nitrogens with zero attached hydrogens (tertiary/aromatic N) is 1. The van der Waals surface area contributed by atoms with E-state index in [0.717, 1.165) is 0 Å². The van der Waals surface area contributed by atoms with Crippen LogP contribution in [0.1, 0.15) is 38.0 Å². The molecule has 1 aromatic heterocycles. The molecular weight excluding hydrogens is 336 g/mol. The number of hydrogen-bond acceptors (Lipinski definition) is 6. The molecule has 1 N–H and O–H groups in total. The number of carbonyl (C=O) groups is 1. The van der Waals surface area contributed by atoms with Crippen LogP contribution in [-0.4, -0.2) is 22.7 Å². The Hall–Kier alpha value is -3.27. The molecule has 0 saturated carbocycles. The molecule has 7 heteroatoms. The number of pyridine rings is 1. The normalized spacial score (nSPS) is 20.2. The monoisotopic (exact) mass is 354 g/mol. The van der Waals surface area contributed by atoms with Gasteiger partial charge < -0.3 is 19.2 Å². The minimum Gasteiger partial charge on any atom is -0.483 e. The van der Waals surface area contributed by atoms with Gasteiger partial charge in [0.05, 0.1) is 11.6 Å². The van der Waals surface area contributed by atoms with Gasteiger partial charge in [0.15, 0.2) is 12.2 Å². The molecule has 7 nitrogen and oxygen atoms in total. The van der Waals surface area contributed by atoms with Crippen LogP contribution in [0.2, 0.25) is 0 Å². The van der Waals surface area contributed by atoms with Gasteiger partial charge in [-0.1, -0.05) is 0 Å². The van der Waals surface area contributed by atoms with Crippen molar-refractivity contribution in [1.29, 1.82) is 5.26 Å². The van der Waals surface area contributed by atoms with E-state index in [0.29, 0.717) is 22.6 Å². The average molecular weight is 354 g/mol. The summed E-state index contributed by atoms with van der Waals surface area (Å²) in [6.07, 6.45) is -0.0521. The topological polar surface area (TPSA) is 101 Å². The highest BCUT2D eigenvalue weighted by molar-refractivity contribution is 5.66. The maximum atomic E-state index is 11.6. The number of aromatic nitrogens is 1. The third kappa shape index (κ3) is 3.40. The van der Waals surface area contributed by atoms with Gasteiger partial charge in [-0.25, -0.2) is 0 Å². The van der Waals surface area contributed by atoms with Crippen LogP contribution in [0, 0.1) is 11.3 Å². The second-order valence-corrected chi connectivity index (χ2v) is 6.53. The van der Waals surface area contributed by atoms with Crippen molar-refractivity contribution >= 4 is 5.97 Å². The van der Waals surface area contributed by atoms with Crippen molar-refractivity contribution in [3.05, 3.63) is 58.0 Å². The maximum absolute atomic E-state index is 11.6. The number of aromatic amines is 1. The third-order valence-corrected chi connectivity index (χ3v) is 4.08. The van der Waals surface area contributed by atoms with E-state index in [1.54, 1.807) is 38.1 Å². The van der Waals surface area contributed by atoms with Crippen LogP contribution in [0.15, 0.2) is 41.3 Å². The molecule has 0 amide bonds. The minimum absolute atomic E-state index is 0.316. The van der Waals surface area contributed by atoms with Gasteiger partial charge in [-0.05, 0) is 38.1 Å². The van der Waals surface area contributed by atoms with Gasteiger partial charge in [0, 0.05) is 24.8 Å². The lowest BCUT2D eigenvalue weighted by Crippen LogP contribution is -2.52. The van der Waals surface area contributed by atoms with Gasteiger partial charge in [-0.2, -0.15) is 5.26 Å². The first-order valence-electron chi connectivity index (χ1n) is 8.06. The number of esters is 1. The van der Waals surface area contributed by atoms with E-state index in [1.165, 1.54) is 19.2 Å². The van der Waals surface area contributed by atoms with Crippen LogP contribution in [0.4, 0.5) is 0 Å². The van der Waals surface area contributed by atoms with E-state index in [1.807, 2.05) is 0 Å². The number of ether oxygens (including phenoxy) is 3. The first kappa shape index (κ1) is 17.5. The van der Waals surface area contributed by atoms with Crippen molar-refractivity contribution in [3.8, 4) is 17.6 Å². The molecule has 0 spiro atoms. The molecule has 2 heterocycles. The fourth-order valence-electron chi connectivity index (χ4n) is 2.96. The maximum Gasteiger partial charge on any atom is 0.303 e. The van der Waals surface area contributed by atoms with Crippen LogP contribution >= 0.6 is 0 Å². The number of nitriles is 1. The quantitative estimate of drug-likeness (QED) is 0.850. The molecule has 1 aromatic carbocycles. The van der Waals surface area contributed by atoms with Gasteiger partial charge in [0.1, 0.15) is 17.1 Å². The number of hydrogen-bond donors (Lipinski definition) is 1. The zero-order valence-electron chi connectivity index (χ0n) is 14.6. The predicted octanol–water partition coefficient (Wildman–Crippen LogP) is 2.47. The third-order valence-electron chi connectivity index (χ3n) is 4.08. The van der Waals surface area contributed by atoms with Gasteiger partial charge in [-0.3, -0.25) is 9.59 Å². The van der Waals surface area contributed by atoms with Crippen molar-refractivity contribution in [2.45, 2.75) is 38.6 Å². The summed E-state index contributed by atoms with van der Waals surface area (Å²) in [6.45, 7) is 4.88. The lowest BCUT2D eigenvalue weighted by Gasteiger charge is -2.43. The molecule has 0 saturated heterocycles. The summed E-state index contributed by atoms with van der Waals surface area (Å²) in [6, 6.07) is 9.95. The predicted molar refractivity (Wildman–Crippen MR) is 91.8 cm³/mol. The Morgan fingerprint density at radius 3 is 2.73 bits per heavy atom. The van der Waals surface area contributed by atoms with Crippen molar-refractivity contribution < 1.29 is 19.0 Å². The molecule has 0 bridgehead atoms. The standard InChI is InChI=1S/C19H18N2O5/c1-11(22)24-18-17(25-13-6-7-21-16(23)9-13)14-8-12(10-20)4-5-15(14)26-19(18,2)3/h4-9,17-18H,1-3H3,(H,21,23). The van der Waals surface area contributed by atoms with Crippen molar-refractivity contribution in [1.82, 2.24) is 4.98 Å². The number of benzene rings is 1. The van der Waals surface area contributed by atoms with E-state index in [2.05, 4.69) is 11.1 Å². The van der Waals surface area contributed by atoms with Gasteiger partial charge in [0.25, 0.3) is 5.56 Å². The van der Waals surface area contributed by atoms with Crippen molar-refractivity contribution in [2.24, 2.45) is 0 Å². The highest BCUT2D eigenvalue weighted by Gasteiger charge is 2.48. The van der Waals surface area contributed by atoms with Crippen LogP contribution in [0.25, 0.3) is 0 Å². The van der Waals surface area contributed by atoms with Gasteiger partial charge in [0.2, 0.25) is 0 Å². The van der Waals surface area contributed by atoms with E-state index in [4.69, 9.17) is 14.2 Å². The first-order chi connectivity index (χ1) is 12.3. The average Bonchev–Trinajstić information content (AvgIpc) is 2.57. The Morgan fingerprint density at radius 1 is 1.31 bits per heavy atom. The molecular formula is C19H18N2O5. The second kappa shape index (κ2) is 6.56. The number of carbonyl (C=O) groups excluding carboxylic acids is 1. The molecule has 2 atom stereocenters. The van der Waals surface area contributed by atoms with Crippen molar-refractivity contribution in [3.63, 3.8) is 0 Å². The first-order valence-corrected chi connectivity index (χ1v) is 8.06. The van der Waals surface area contributed by atoms with Crippen molar-refractivity contribution in [2.75, 3.05) is 0 Å². The van der Waals surface area contributed by atoms with Crippen LogP contribution in [0.5, 0.6) is 11.5 Å². The van der Waals surface area contributed by atoms with Crippen LogP contribution < -0.4 is 15.0 Å². The zero-order chi connectivity index (χ0) is 18.9. The smallest absolute Gasteiger partial charge is 0.303 e. The van der Waals surface area contributed by atoms with Gasteiger partial charge in [-0.15, -0.1) is 0 Å². The van der Waals surface area contributed by atoms with E-state index in [-0.39, 0.29) is 5.56 Å². The molecule has 2 unspecified atom stereocenters. The summed E-state index contributed by atoms with van der Waals surface area (Å²) in [4.78, 5) is 25.7. The highest BCUT2D eigenvalue weighted by Crippen LogP contribution is 2.43. The van der Waals surface area contributed by atoms with E-state index in [9.17, 15) is 14.9 Å². The Kier molecular flexibility index (Phi) is 4.43. The molecule has 3 rings (SSSR count). The molecule has 134 valence electrons. The van der Waals surface area contributed by atoms with Crippen LogP contribution in [0.3, 0.4) is 0 Å². The molecule has 0 fully saturated rings. The lowest BCUT2D eigenvalue weighted by molar-refractivity contribution is -0.172. The van der Waals surface area contributed by atoms with E-state index < -0.39 is 23.8 Å². The number of rotatable bonds is 3. The summed E-state index contributed by atoms with van der Waals surface area (Å²) < 4.78 is 17.5.